The van der Waals surface area contributed by atoms with Crippen LogP contribution >= 0.6 is 11.6 Å². The lowest BCUT2D eigenvalue weighted by molar-refractivity contribution is -0.861. The van der Waals surface area contributed by atoms with Crippen molar-refractivity contribution in [3.8, 4) is 22.4 Å². The number of hydrogen-bond donors (Lipinski definition) is 4. The monoisotopic (exact) mass is 871 g/mol. The number of likely N-dealkylation sites (N-methyl/N-ethyl adjacent to an activating group) is 1. The molecule has 2 aromatic heterocycles. The molecule has 1 fully saturated rings. The fourth-order valence-electron chi connectivity index (χ4n) is 5.82. The smallest absolute Gasteiger partial charge is 0.345 e. The molecule has 20 heteroatoms. The Morgan fingerprint density at radius 3 is 2.18 bits per heavy atom. The van der Waals surface area contributed by atoms with Gasteiger partial charge in [-0.3, -0.25) is 24.0 Å². The molecule has 332 valence electrons. The predicted octanol–water partition coefficient (Wildman–Crippen LogP) is 4.11. The number of quaternary nitrogens is 1. The van der Waals surface area contributed by atoms with Gasteiger partial charge in [0.2, 0.25) is 0 Å². The molecule has 2 aromatic carbocycles. The second-order valence-electron chi connectivity index (χ2n) is 13.3. The number of hydrogen-bond acceptors (Lipinski definition) is 10. The third-order valence-corrected chi connectivity index (χ3v) is 9.33. The summed E-state index contributed by atoms with van der Waals surface area (Å²) in [5, 5.41) is 25.1. The normalized spacial score (nSPS) is 13.1. The Hall–Kier alpha value is -4.92. The fourth-order valence-corrected chi connectivity index (χ4v) is 6.08. The minimum Gasteiger partial charge on any atom is -0.471 e. The number of methoxy groups -OCH3 is 1. The maximum Gasteiger partial charge on any atom is 0.345 e. The highest BCUT2D eigenvalue weighted by Crippen LogP contribution is 2.33. The lowest BCUT2D eigenvalue weighted by atomic mass is 10.0. The number of aliphatic hydroxyl groups excluding tert-OH is 2. The van der Waals surface area contributed by atoms with E-state index in [1.165, 1.54) is 71.0 Å². The van der Waals surface area contributed by atoms with Crippen LogP contribution in [0.3, 0.4) is 0 Å². The number of nitrogens with zero attached hydrogens (tertiary/aromatic N) is 6. The Morgan fingerprint density at radius 1 is 1.03 bits per heavy atom. The Labute approximate surface area is 352 Å². The van der Waals surface area contributed by atoms with Gasteiger partial charge in [-0.2, -0.15) is 13.9 Å². The first-order valence-electron chi connectivity index (χ1n) is 19.2. The van der Waals surface area contributed by atoms with Gasteiger partial charge in [0.05, 0.1) is 69.8 Å². The zero-order valence-electron chi connectivity index (χ0n) is 35.1. The molecule has 2 amide bonds. The van der Waals surface area contributed by atoms with Gasteiger partial charge in [-0.1, -0.05) is 38.4 Å². The number of imidazole rings is 1. The lowest BCUT2D eigenvalue weighted by Crippen LogP contribution is -3.07. The van der Waals surface area contributed by atoms with Crippen molar-refractivity contribution in [3.05, 3.63) is 76.5 Å². The standard InChI is InChI=1S/C30H30ClF4N7O4.C6H15NO.C2H4O2.C2H6/c1-17-22(14-37-42(17)11-12-46-30(34)35)19-5-6-21(26(33)25(19)32)24-15-36-27(39(24)2)28(44)38-18-3-4-20(23(31)13-18)29(45)41-9-7-40(16-43)8-10-41;1-4-6(8)5-7(2)3;1-4-2-3;1-2/h3-6,13-15,30,43H,7-12,16H2,1-2H3,(H,38,44);6,8H,4-5H2,1-3H3;2H,1H3;1-2H3/p+1. The Morgan fingerprint density at radius 2 is 1.65 bits per heavy atom. The van der Waals surface area contributed by atoms with E-state index in [2.05, 4.69) is 24.9 Å². The number of halogens is 5. The van der Waals surface area contributed by atoms with Crippen LogP contribution in [0.2, 0.25) is 5.02 Å². The topological polar surface area (TPSA) is 169 Å². The Bertz CT molecular complexity index is 1970. The van der Waals surface area contributed by atoms with Crippen LogP contribution in [-0.4, -0.2) is 138 Å². The third kappa shape index (κ3) is 14.4. The Kier molecular flexibility index (Phi) is 21.9. The number of benzene rings is 2. The van der Waals surface area contributed by atoms with E-state index in [4.69, 9.17) is 21.5 Å². The summed E-state index contributed by atoms with van der Waals surface area (Å²) in [6, 6.07) is 7.17. The number of aliphatic hydroxyl groups is 2. The molecule has 1 saturated heterocycles. The molecule has 0 bridgehead atoms. The van der Waals surface area contributed by atoms with E-state index >= 15 is 8.78 Å². The van der Waals surface area contributed by atoms with Crippen LogP contribution in [-0.2, 0) is 27.9 Å². The number of nitrogens with one attached hydrogen (secondary N) is 2. The molecule has 0 spiro atoms. The summed E-state index contributed by atoms with van der Waals surface area (Å²) in [4.78, 5) is 43.9. The number of piperazine rings is 1. The molecule has 1 aliphatic rings. The van der Waals surface area contributed by atoms with Crippen molar-refractivity contribution in [1.82, 2.24) is 29.1 Å². The van der Waals surface area contributed by atoms with Crippen LogP contribution in [0.5, 0.6) is 0 Å². The van der Waals surface area contributed by atoms with Gasteiger partial charge in [-0.05, 0) is 37.6 Å². The van der Waals surface area contributed by atoms with Crippen molar-refractivity contribution in [2.75, 3.05) is 72.6 Å². The van der Waals surface area contributed by atoms with E-state index < -0.39 is 24.2 Å². The molecule has 5 rings (SSSR count). The summed E-state index contributed by atoms with van der Waals surface area (Å²) in [7, 11) is 6.87. The van der Waals surface area contributed by atoms with Gasteiger partial charge in [0.1, 0.15) is 12.6 Å². The molecular weight excluding hydrogens is 816 g/mol. The number of aromatic nitrogens is 4. The van der Waals surface area contributed by atoms with Crippen molar-refractivity contribution in [1.29, 1.82) is 0 Å². The molecule has 0 radical (unpaired) electrons. The third-order valence-electron chi connectivity index (χ3n) is 9.02. The van der Waals surface area contributed by atoms with Gasteiger partial charge in [0, 0.05) is 61.3 Å². The lowest BCUT2D eigenvalue weighted by Gasteiger charge is -2.33. The highest BCUT2D eigenvalue weighted by molar-refractivity contribution is 6.34. The van der Waals surface area contributed by atoms with E-state index in [1.54, 1.807) is 11.8 Å². The van der Waals surface area contributed by atoms with Crippen LogP contribution in [0.1, 0.15) is 53.9 Å². The summed E-state index contributed by atoms with van der Waals surface area (Å²) in [6.07, 6.45) is 3.31. The number of rotatable bonds is 14. The molecule has 4 N–H and O–H groups in total. The second kappa shape index (κ2) is 25.6. The van der Waals surface area contributed by atoms with Crippen LogP contribution < -0.4 is 10.2 Å². The fraction of sp³-hybridized carbons (Fsp3) is 0.475. The first-order valence-corrected chi connectivity index (χ1v) is 19.6. The Balaban J connectivity index is 0.000000768. The second-order valence-corrected chi connectivity index (χ2v) is 13.7. The van der Waals surface area contributed by atoms with Crippen LogP contribution in [0.25, 0.3) is 22.4 Å². The number of alkyl halides is 2. The zero-order chi connectivity index (χ0) is 45.1. The molecule has 4 aromatic rings. The molecule has 1 unspecified atom stereocenters. The quantitative estimate of drug-likeness (QED) is 0.107. The maximum atomic E-state index is 15.4. The first-order chi connectivity index (χ1) is 28.6. The summed E-state index contributed by atoms with van der Waals surface area (Å²) in [5.41, 5.74) is 1.18. The van der Waals surface area contributed by atoms with E-state index in [1.807, 2.05) is 39.8 Å². The van der Waals surface area contributed by atoms with Crippen molar-refractivity contribution in [2.24, 2.45) is 7.05 Å². The van der Waals surface area contributed by atoms with Crippen molar-refractivity contribution >= 4 is 35.6 Å². The summed E-state index contributed by atoms with van der Waals surface area (Å²) < 4.78 is 66.1. The number of ether oxygens (including phenoxy) is 2. The molecule has 0 aliphatic carbocycles. The molecule has 1 aliphatic heterocycles. The van der Waals surface area contributed by atoms with Crippen LogP contribution in [0.4, 0.5) is 23.2 Å². The van der Waals surface area contributed by atoms with Crippen molar-refractivity contribution in [3.63, 3.8) is 0 Å². The number of carbonyl (C=O) groups is 3. The molecule has 3 heterocycles. The average molecular weight is 872 g/mol. The summed E-state index contributed by atoms with van der Waals surface area (Å²) >= 11 is 6.39. The van der Waals surface area contributed by atoms with E-state index in [-0.39, 0.29) is 70.7 Å². The van der Waals surface area contributed by atoms with Crippen LogP contribution in [0.15, 0.2) is 42.7 Å². The van der Waals surface area contributed by atoms with Gasteiger partial charge in [-0.15, -0.1) is 0 Å². The van der Waals surface area contributed by atoms with Gasteiger partial charge >= 0.3 is 6.61 Å². The van der Waals surface area contributed by atoms with Crippen molar-refractivity contribution in [2.45, 2.75) is 53.4 Å². The summed E-state index contributed by atoms with van der Waals surface area (Å²) in [6.45, 7) is 7.46. The van der Waals surface area contributed by atoms with Gasteiger partial charge in [0.25, 0.3) is 18.3 Å². The molecule has 15 nitrogen and oxygen atoms in total. The van der Waals surface area contributed by atoms with E-state index in [0.717, 1.165) is 13.0 Å². The van der Waals surface area contributed by atoms with E-state index in [9.17, 15) is 23.5 Å². The van der Waals surface area contributed by atoms with Gasteiger partial charge in [-0.25, -0.2) is 13.8 Å². The molecular formula is C40H56ClF4N8O7+. The van der Waals surface area contributed by atoms with Gasteiger partial charge < -0.3 is 39.4 Å². The largest absolute Gasteiger partial charge is 0.471 e. The number of amides is 2. The summed E-state index contributed by atoms with van der Waals surface area (Å²) in [5.74, 6) is -3.35. The molecule has 1 atom stereocenters. The minimum atomic E-state index is -2.93. The van der Waals surface area contributed by atoms with Crippen molar-refractivity contribution < 1.29 is 56.5 Å². The number of carbonyl (C=O) groups excluding carboxylic acids is 3. The van der Waals surface area contributed by atoms with Gasteiger partial charge in [0.15, 0.2) is 17.5 Å². The highest BCUT2D eigenvalue weighted by Gasteiger charge is 2.25. The molecule has 60 heavy (non-hydrogen) atoms. The minimum absolute atomic E-state index is 0.00359. The highest BCUT2D eigenvalue weighted by atomic mass is 35.5. The number of anilines is 1. The van der Waals surface area contributed by atoms with Crippen LogP contribution in [0, 0.1) is 18.6 Å². The zero-order valence-corrected chi connectivity index (χ0v) is 35.9. The SMILES string of the molecule is CC.CCC(O)C[NH+](C)C.COC=O.Cc1c(-c2ccc(-c3cnc(C(=O)Nc4ccc(C(=O)N5CCN(CO)CC5)c(Cl)c4)n3C)c(F)c2F)cnn1CCOC(F)F. The maximum absolute atomic E-state index is 15.4. The van der Waals surface area contributed by atoms with E-state index in [0.29, 0.717) is 44.0 Å². The average Bonchev–Trinajstić information content (AvgIpc) is 3.80. The predicted molar refractivity (Wildman–Crippen MR) is 219 cm³/mol. The first kappa shape index (κ1) is 51.2. The molecule has 0 saturated carbocycles.